The topological polar surface area (TPSA) is 148 Å². The lowest BCUT2D eigenvalue weighted by Gasteiger charge is -2.09. The van der Waals surface area contributed by atoms with Gasteiger partial charge in [-0.3, -0.25) is 4.79 Å². The highest BCUT2D eigenvalue weighted by molar-refractivity contribution is 7.98. The zero-order valence-corrected chi connectivity index (χ0v) is 14.2. The fourth-order valence-electron chi connectivity index (χ4n) is 2.05. The molecule has 2 heterocycles. The summed E-state index contributed by atoms with van der Waals surface area (Å²) in [5, 5.41) is 3.51. The van der Waals surface area contributed by atoms with E-state index in [4.69, 9.17) is 11.5 Å². The Labute approximate surface area is 147 Å². The van der Waals surface area contributed by atoms with Crippen molar-refractivity contribution < 1.29 is 0 Å². The van der Waals surface area contributed by atoms with Crippen molar-refractivity contribution in [2.75, 3.05) is 16.8 Å². The van der Waals surface area contributed by atoms with Crippen molar-refractivity contribution in [1.29, 1.82) is 0 Å². The van der Waals surface area contributed by atoms with E-state index < -0.39 is 0 Å². The maximum absolute atomic E-state index is 11.4. The predicted molar refractivity (Wildman–Crippen MR) is 97.5 cm³/mol. The fraction of sp³-hybridized carbons (Fsp3) is 0.133. The number of hydrogen-bond donors (Lipinski definition) is 4. The van der Waals surface area contributed by atoms with Gasteiger partial charge in [-0.15, -0.1) is 0 Å². The Kier molecular flexibility index (Phi) is 4.80. The molecule has 0 spiro atoms. The molecular weight excluding hydrogens is 340 g/mol. The summed E-state index contributed by atoms with van der Waals surface area (Å²) < 4.78 is 0. The second kappa shape index (κ2) is 7.18. The van der Waals surface area contributed by atoms with Gasteiger partial charge in [-0.1, -0.05) is 30.0 Å². The molecule has 0 aliphatic carbocycles. The summed E-state index contributed by atoms with van der Waals surface area (Å²) in [6.45, 7) is 1.98. The van der Waals surface area contributed by atoms with Gasteiger partial charge >= 0.3 is 0 Å². The summed E-state index contributed by atoms with van der Waals surface area (Å²) >= 11 is 1.25. The zero-order chi connectivity index (χ0) is 17.8. The number of thioether (sulfide) groups is 1. The van der Waals surface area contributed by atoms with Gasteiger partial charge in [0.2, 0.25) is 11.9 Å². The number of benzene rings is 1. The second-order valence-corrected chi connectivity index (χ2v) is 6.10. The smallest absolute Gasteiger partial charge is 0.253 e. The molecule has 0 fully saturated rings. The first-order valence-corrected chi connectivity index (χ1v) is 8.31. The molecule has 25 heavy (non-hydrogen) atoms. The van der Waals surface area contributed by atoms with Crippen molar-refractivity contribution in [2.24, 2.45) is 0 Å². The first kappa shape index (κ1) is 16.7. The van der Waals surface area contributed by atoms with Gasteiger partial charge in [0.05, 0.1) is 5.75 Å². The Morgan fingerprint density at radius 1 is 1.16 bits per heavy atom. The van der Waals surface area contributed by atoms with Crippen LogP contribution in [0.3, 0.4) is 0 Å². The molecular formula is C15H16N8OS. The van der Waals surface area contributed by atoms with Gasteiger partial charge in [0.1, 0.15) is 11.6 Å². The quantitative estimate of drug-likeness (QED) is 0.393. The lowest BCUT2D eigenvalue weighted by atomic mass is 10.2. The summed E-state index contributed by atoms with van der Waals surface area (Å²) in [6.07, 6.45) is 0. The normalized spacial score (nSPS) is 10.6. The van der Waals surface area contributed by atoms with Crippen molar-refractivity contribution in [3.05, 3.63) is 52.1 Å². The molecule has 0 radical (unpaired) electrons. The summed E-state index contributed by atoms with van der Waals surface area (Å²) in [5.41, 5.74) is 12.9. The third-order valence-electron chi connectivity index (χ3n) is 3.17. The molecule has 0 atom stereocenters. The molecule has 0 aliphatic rings. The number of nitrogen functional groups attached to an aromatic ring is 2. The van der Waals surface area contributed by atoms with Crippen molar-refractivity contribution in [3.63, 3.8) is 0 Å². The Hall–Kier alpha value is -3.14. The van der Waals surface area contributed by atoms with Crippen LogP contribution in [0.1, 0.15) is 11.4 Å². The SMILES string of the molecule is Cc1ccccc1Nc1nc(N)nc(CSc2nc(N)cc(=O)[nH]2)n1. The lowest BCUT2D eigenvalue weighted by molar-refractivity contribution is 0.934. The largest absolute Gasteiger partial charge is 0.383 e. The van der Waals surface area contributed by atoms with E-state index in [9.17, 15) is 4.79 Å². The van der Waals surface area contributed by atoms with Gasteiger partial charge in [-0.05, 0) is 18.6 Å². The minimum absolute atomic E-state index is 0.107. The first-order chi connectivity index (χ1) is 12.0. The molecule has 0 saturated carbocycles. The van der Waals surface area contributed by atoms with E-state index in [0.717, 1.165) is 11.3 Å². The van der Waals surface area contributed by atoms with E-state index in [1.54, 1.807) is 0 Å². The minimum Gasteiger partial charge on any atom is -0.383 e. The van der Waals surface area contributed by atoms with Crippen molar-refractivity contribution in [3.8, 4) is 0 Å². The highest BCUT2D eigenvalue weighted by Gasteiger charge is 2.08. The number of aryl methyl sites for hydroxylation is 1. The lowest BCUT2D eigenvalue weighted by Crippen LogP contribution is -2.10. The molecule has 9 nitrogen and oxygen atoms in total. The third kappa shape index (κ3) is 4.44. The molecule has 10 heteroatoms. The standard InChI is InChI=1S/C15H16N8OS/c1-8-4-2-3-5-9(8)18-14-21-11(20-13(17)23-14)7-25-15-19-10(16)6-12(24)22-15/h2-6H,7H2,1H3,(H3,16,19,22,24)(H3,17,18,20,21,23). The van der Waals surface area contributed by atoms with Crippen molar-refractivity contribution >= 4 is 35.2 Å². The van der Waals surface area contributed by atoms with Crippen molar-refractivity contribution in [1.82, 2.24) is 24.9 Å². The summed E-state index contributed by atoms with van der Waals surface area (Å²) in [7, 11) is 0. The number of nitrogens with one attached hydrogen (secondary N) is 2. The van der Waals surface area contributed by atoms with Crippen LogP contribution < -0.4 is 22.3 Å². The zero-order valence-electron chi connectivity index (χ0n) is 13.4. The molecule has 0 amide bonds. The Bertz CT molecular complexity index is 958. The van der Waals surface area contributed by atoms with E-state index in [0.29, 0.717) is 22.7 Å². The number of anilines is 4. The van der Waals surface area contributed by atoms with Crippen LogP contribution in [0, 0.1) is 6.92 Å². The molecule has 0 saturated heterocycles. The highest BCUT2D eigenvalue weighted by atomic mass is 32.2. The van der Waals surface area contributed by atoms with Gasteiger partial charge in [0, 0.05) is 11.8 Å². The summed E-state index contributed by atoms with van der Waals surface area (Å²) in [4.78, 5) is 30.6. The fourth-order valence-corrected chi connectivity index (χ4v) is 2.78. The molecule has 3 aromatic rings. The number of nitrogens with zero attached hydrogens (tertiary/aromatic N) is 4. The van der Waals surface area contributed by atoms with Gasteiger partial charge in [-0.2, -0.15) is 15.0 Å². The van der Waals surface area contributed by atoms with Gasteiger partial charge < -0.3 is 21.8 Å². The monoisotopic (exact) mass is 356 g/mol. The molecule has 0 unspecified atom stereocenters. The number of para-hydroxylation sites is 1. The molecule has 1 aromatic carbocycles. The molecule has 2 aromatic heterocycles. The number of hydrogen-bond acceptors (Lipinski definition) is 9. The van der Waals surface area contributed by atoms with Gasteiger partial charge in [0.15, 0.2) is 5.16 Å². The number of aromatic amines is 1. The van der Waals surface area contributed by atoms with Crippen LogP contribution in [0.5, 0.6) is 0 Å². The van der Waals surface area contributed by atoms with Gasteiger partial charge in [-0.25, -0.2) is 4.98 Å². The minimum atomic E-state index is -0.313. The molecule has 6 N–H and O–H groups in total. The van der Waals surface area contributed by atoms with Crippen LogP contribution in [-0.4, -0.2) is 24.9 Å². The van der Waals surface area contributed by atoms with E-state index >= 15 is 0 Å². The average molecular weight is 356 g/mol. The van der Waals surface area contributed by atoms with Crippen LogP contribution in [-0.2, 0) is 5.75 Å². The number of aromatic nitrogens is 5. The molecule has 128 valence electrons. The maximum atomic E-state index is 11.4. The number of nitrogens with two attached hydrogens (primary N) is 2. The van der Waals surface area contributed by atoms with Crippen LogP contribution in [0.15, 0.2) is 40.3 Å². The summed E-state index contributed by atoms with van der Waals surface area (Å²) in [5.74, 6) is 1.42. The van der Waals surface area contributed by atoms with Gasteiger partial charge in [0.25, 0.3) is 5.56 Å². The number of rotatable bonds is 5. The number of H-pyrrole nitrogens is 1. The average Bonchev–Trinajstić information content (AvgIpc) is 2.54. The summed E-state index contributed by atoms with van der Waals surface area (Å²) in [6, 6.07) is 8.98. The van der Waals surface area contributed by atoms with E-state index in [-0.39, 0.29) is 17.3 Å². The van der Waals surface area contributed by atoms with Crippen LogP contribution >= 0.6 is 11.8 Å². The Morgan fingerprint density at radius 2 is 1.96 bits per heavy atom. The Morgan fingerprint density at radius 3 is 2.72 bits per heavy atom. The van der Waals surface area contributed by atoms with Crippen LogP contribution in [0.4, 0.5) is 23.4 Å². The Balaban J connectivity index is 1.77. The van der Waals surface area contributed by atoms with Crippen LogP contribution in [0.25, 0.3) is 0 Å². The molecule has 0 bridgehead atoms. The van der Waals surface area contributed by atoms with E-state index in [1.807, 2.05) is 31.2 Å². The van der Waals surface area contributed by atoms with Crippen LogP contribution in [0.2, 0.25) is 0 Å². The molecule has 0 aliphatic heterocycles. The highest BCUT2D eigenvalue weighted by Crippen LogP contribution is 2.20. The first-order valence-electron chi connectivity index (χ1n) is 7.32. The maximum Gasteiger partial charge on any atom is 0.253 e. The molecule has 3 rings (SSSR count). The van der Waals surface area contributed by atoms with E-state index in [2.05, 4.69) is 30.2 Å². The van der Waals surface area contributed by atoms with Crippen molar-refractivity contribution in [2.45, 2.75) is 17.8 Å². The second-order valence-electron chi connectivity index (χ2n) is 5.14. The van der Waals surface area contributed by atoms with E-state index in [1.165, 1.54) is 17.8 Å². The predicted octanol–water partition coefficient (Wildman–Crippen LogP) is 1.46. The third-order valence-corrected chi connectivity index (χ3v) is 4.04.